The van der Waals surface area contributed by atoms with Crippen molar-refractivity contribution >= 4 is 10.8 Å². The van der Waals surface area contributed by atoms with Crippen LogP contribution >= 0.6 is 0 Å². The lowest BCUT2D eigenvalue weighted by Crippen LogP contribution is -2.13. The van der Waals surface area contributed by atoms with E-state index in [1.807, 2.05) is 18.2 Å². The first-order valence-corrected chi connectivity index (χ1v) is 11.1. The largest absolute Gasteiger partial charge is 0.205 e. The molecule has 0 radical (unpaired) electrons. The Morgan fingerprint density at radius 1 is 0.906 bits per heavy atom. The standard InChI is InChI=1S/C28H24F3N/c1-2-3-18-4-7-20(8-5-18)22-12-13-24-23(16-22)11-10-21(28(24)31)9-6-19-14-26(29)25(17-32)27(30)15-19/h10-16,18,20H,2-5,7-8H2,1H3. The molecule has 3 aromatic rings. The van der Waals surface area contributed by atoms with Crippen molar-refractivity contribution < 1.29 is 13.2 Å². The van der Waals surface area contributed by atoms with Crippen LogP contribution in [0.3, 0.4) is 0 Å². The molecule has 32 heavy (non-hydrogen) atoms. The van der Waals surface area contributed by atoms with E-state index in [1.54, 1.807) is 6.07 Å². The van der Waals surface area contributed by atoms with Crippen molar-refractivity contribution in [1.29, 1.82) is 5.26 Å². The summed E-state index contributed by atoms with van der Waals surface area (Å²) in [6.45, 7) is 2.24. The highest BCUT2D eigenvalue weighted by molar-refractivity contribution is 5.85. The van der Waals surface area contributed by atoms with Crippen LogP contribution in [0.4, 0.5) is 13.2 Å². The summed E-state index contributed by atoms with van der Waals surface area (Å²) in [4.78, 5) is 0. The molecule has 4 rings (SSSR count). The van der Waals surface area contributed by atoms with Gasteiger partial charge in [-0.15, -0.1) is 0 Å². The number of halogens is 3. The van der Waals surface area contributed by atoms with Crippen LogP contribution in [-0.4, -0.2) is 0 Å². The van der Waals surface area contributed by atoms with Crippen LogP contribution in [-0.2, 0) is 0 Å². The van der Waals surface area contributed by atoms with Gasteiger partial charge in [-0.1, -0.05) is 55.9 Å². The van der Waals surface area contributed by atoms with Gasteiger partial charge in [-0.05, 0) is 66.7 Å². The molecule has 0 saturated heterocycles. The maximum atomic E-state index is 15.1. The number of benzene rings is 3. The Kier molecular flexibility index (Phi) is 6.52. The maximum Gasteiger partial charge on any atom is 0.146 e. The summed E-state index contributed by atoms with van der Waals surface area (Å²) in [5.74, 6) is 4.23. The number of nitriles is 1. The van der Waals surface area contributed by atoms with Crippen LogP contribution in [0.2, 0.25) is 0 Å². The predicted molar refractivity (Wildman–Crippen MR) is 121 cm³/mol. The van der Waals surface area contributed by atoms with E-state index in [0.717, 1.165) is 23.4 Å². The third-order valence-corrected chi connectivity index (χ3v) is 6.49. The Labute approximate surface area is 186 Å². The monoisotopic (exact) mass is 431 g/mol. The third-order valence-electron chi connectivity index (χ3n) is 6.49. The first-order valence-electron chi connectivity index (χ1n) is 11.1. The van der Waals surface area contributed by atoms with Gasteiger partial charge >= 0.3 is 0 Å². The molecule has 3 aromatic carbocycles. The minimum Gasteiger partial charge on any atom is -0.205 e. The SMILES string of the molecule is CCCC1CCC(c2ccc3c(F)c(C#Cc4cc(F)c(C#N)c(F)c4)ccc3c2)CC1. The van der Waals surface area contributed by atoms with Crippen LogP contribution < -0.4 is 0 Å². The Morgan fingerprint density at radius 3 is 2.28 bits per heavy atom. The summed E-state index contributed by atoms with van der Waals surface area (Å²) in [6, 6.07) is 12.8. The number of fused-ring (bicyclic) bond motifs is 1. The average Bonchev–Trinajstić information content (AvgIpc) is 2.79. The quantitative estimate of drug-likeness (QED) is 0.392. The molecule has 1 aliphatic carbocycles. The molecule has 0 aromatic heterocycles. The van der Waals surface area contributed by atoms with Gasteiger partial charge in [-0.2, -0.15) is 5.26 Å². The topological polar surface area (TPSA) is 23.8 Å². The Balaban J connectivity index is 1.58. The fourth-order valence-electron chi connectivity index (χ4n) is 4.75. The van der Waals surface area contributed by atoms with Crippen molar-refractivity contribution in [3.8, 4) is 17.9 Å². The van der Waals surface area contributed by atoms with E-state index < -0.39 is 23.0 Å². The molecule has 162 valence electrons. The van der Waals surface area contributed by atoms with Gasteiger partial charge in [0.15, 0.2) is 0 Å². The van der Waals surface area contributed by atoms with Gasteiger partial charge in [0, 0.05) is 10.9 Å². The lowest BCUT2D eigenvalue weighted by atomic mass is 9.77. The van der Waals surface area contributed by atoms with Crippen molar-refractivity contribution in [3.63, 3.8) is 0 Å². The summed E-state index contributed by atoms with van der Waals surface area (Å²) in [6.07, 6.45) is 7.43. The zero-order chi connectivity index (χ0) is 22.7. The Bertz CT molecular complexity index is 1230. The van der Waals surface area contributed by atoms with Gasteiger partial charge < -0.3 is 0 Å². The van der Waals surface area contributed by atoms with Crippen molar-refractivity contribution in [3.05, 3.63) is 82.2 Å². The van der Waals surface area contributed by atoms with E-state index >= 15 is 4.39 Å². The molecule has 0 bridgehead atoms. The summed E-state index contributed by atoms with van der Waals surface area (Å²) in [5.41, 5.74) is 0.819. The zero-order valence-electron chi connectivity index (χ0n) is 18.0. The van der Waals surface area contributed by atoms with Crippen LogP contribution in [0.5, 0.6) is 0 Å². The summed E-state index contributed by atoms with van der Waals surface area (Å²) < 4.78 is 42.6. The average molecular weight is 432 g/mol. The normalized spacial score (nSPS) is 18.1. The first kappa shape index (κ1) is 22.0. The molecule has 1 fully saturated rings. The van der Waals surface area contributed by atoms with Crippen LogP contribution in [0.15, 0.2) is 42.5 Å². The van der Waals surface area contributed by atoms with Crippen molar-refractivity contribution in [1.82, 2.24) is 0 Å². The second-order valence-corrected chi connectivity index (χ2v) is 8.59. The van der Waals surface area contributed by atoms with Gasteiger partial charge in [0.05, 0.1) is 5.56 Å². The number of hydrogen-bond donors (Lipinski definition) is 0. The molecule has 0 unspecified atom stereocenters. The molecule has 0 aliphatic heterocycles. The molecule has 1 nitrogen and oxygen atoms in total. The first-order chi connectivity index (χ1) is 15.5. The molecular weight excluding hydrogens is 407 g/mol. The van der Waals surface area contributed by atoms with E-state index in [2.05, 4.69) is 24.8 Å². The molecular formula is C28H24F3N. The van der Waals surface area contributed by atoms with E-state index in [4.69, 9.17) is 5.26 Å². The second kappa shape index (κ2) is 9.49. The van der Waals surface area contributed by atoms with Gasteiger partial charge in [-0.3, -0.25) is 0 Å². The molecule has 4 heteroatoms. The molecule has 0 amide bonds. The van der Waals surface area contributed by atoms with Crippen molar-refractivity contribution in [2.24, 2.45) is 5.92 Å². The smallest absolute Gasteiger partial charge is 0.146 e. The lowest BCUT2D eigenvalue weighted by Gasteiger charge is -2.28. The highest BCUT2D eigenvalue weighted by Crippen LogP contribution is 2.38. The molecule has 1 aliphatic rings. The van der Waals surface area contributed by atoms with Crippen LogP contribution in [0.25, 0.3) is 10.8 Å². The highest BCUT2D eigenvalue weighted by Gasteiger charge is 2.22. The van der Waals surface area contributed by atoms with Gasteiger partial charge in [0.1, 0.15) is 29.1 Å². The minimum absolute atomic E-state index is 0.0486. The predicted octanol–water partition coefficient (Wildman–Crippen LogP) is 7.60. The Hall–Kier alpha value is -3.24. The molecule has 1 saturated carbocycles. The van der Waals surface area contributed by atoms with E-state index in [1.165, 1.54) is 50.2 Å². The fraction of sp³-hybridized carbons (Fsp3) is 0.321. The molecule has 0 spiro atoms. The number of rotatable bonds is 3. The van der Waals surface area contributed by atoms with E-state index in [9.17, 15) is 8.78 Å². The van der Waals surface area contributed by atoms with E-state index in [-0.39, 0.29) is 11.1 Å². The molecule has 0 N–H and O–H groups in total. The van der Waals surface area contributed by atoms with Crippen LogP contribution in [0, 0.1) is 46.5 Å². The third kappa shape index (κ3) is 4.51. The van der Waals surface area contributed by atoms with Gasteiger partial charge in [-0.25, -0.2) is 13.2 Å². The summed E-state index contributed by atoms with van der Waals surface area (Å²) in [7, 11) is 0. The zero-order valence-corrected chi connectivity index (χ0v) is 18.0. The maximum absolute atomic E-state index is 15.1. The number of nitrogens with zero attached hydrogens (tertiary/aromatic N) is 1. The molecule has 0 atom stereocenters. The highest BCUT2D eigenvalue weighted by atomic mass is 19.1. The minimum atomic E-state index is -0.980. The lowest BCUT2D eigenvalue weighted by molar-refractivity contribution is 0.308. The summed E-state index contributed by atoms with van der Waals surface area (Å²) >= 11 is 0. The van der Waals surface area contributed by atoms with Crippen LogP contribution in [0.1, 0.15) is 73.6 Å². The second-order valence-electron chi connectivity index (χ2n) is 8.59. The van der Waals surface area contributed by atoms with E-state index in [0.29, 0.717) is 11.3 Å². The molecule has 0 heterocycles. The Morgan fingerprint density at radius 2 is 1.62 bits per heavy atom. The van der Waals surface area contributed by atoms with Crippen molar-refractivity contribution in [2.75, 3.05) is 0 Å². The van der Waals surface area contributed by atoms with Crippen molar-refractivity contribution in [2.45, 2.75) is 51.4 Å². The van der Waals surface area contributed by atoms with Gasteiger partial charge in [0.25, 0.3) is 0 Å². The summed E-state index contributed by atoms with van der Waals surface area (Å²) in [5, 5.41) is 10.1. The van der Waals surface area contributed by atoms with Gasteiger partial charge in [0.2, 0.25) is 0 Å². The fourth-order valence-corrected chi connectivity index (χ4v) is 4.75. The number of hydrogen-bond acceptors (Lipinski definition) is 1.